The van der Waals surface area contributed by atoms with Gasteiger partial charge < -0.3 is 4.90 Å². The molecule has 4 rings (SSSR count). The predicted octanol–water partition coefficient (Wildman–Crippen LogP) is 2.79. The molecule has 1 amide bonds. The number of amides is 1. The Labute approximate surface area is 160 Å². The average molecular weight is 383 g/mol. The van der Waals surface area contributed by atoms with Crippen molar-refractivity contribution in [1.82, 2.24) is 9.13 Å². The van der Waals surface area contributed by atoms with E-state index in [0.717, 1.165) is 24.1 Å². The largest absolute Gasteiger partial charge is 0.332 e. The van der Waals surface area contributed by atoms with Crippen molar-refractivity contribution in [3.8, 4) is 0 Å². The summed E-state index contributed by atoms with van der Waals surface area (Å²) in [5, 5.41) is 1.79. The molecule has 27 heavy (non-hydrogen) atoms. The molecule has 0 N–H and O–H groups in total. The molecule has 1 aromatic carbocycles. The van der Waals surface area contributed by atoms with Crippen LogP contribution in [0.25, 0.3) is 10.2 Å². The molecule has 0 saturated carbocycles. The van der Waals surface area contributed by atoms with E-state index in [1.54, 1.807) is 30.2 Å². The maximum absolute atomic E-state index is 13.1. The number of fused-ring (bicyclic) bond motifs is 2. The Bertz CT molecular complexity index is 1140. The Kier molecular flexibility index (Phi) is 4.47. The number of carbonyl (C=O) groups excluding carboxylic acids is 1. The van der Waals surface area contributed by atoms with Crippen molar-refractivity contribution in [1.29, 1.82) is 0 Å². The first-order valence-corrected chi connectivity index (χ1v) is 9.98. The third-order valence-electron chi connectivity index (χ3n) is 5.01. The van der Waals surface area contributed by atoms with Gasteiger partial charge in [0.2, 0.25) is 5.91 Å². The van der Waals surface area contributed by atoms with Crippen molar-refractivity contribution in [2.45, 2.75) is 39.3 Å². The lowest BCUT2D eigenvalue weighted by molar-refractivity contribution is -0.119. The van der Waals surface area contributed by atoms with Crippen LogP contribution in [0.3, 0.4) is 0 Å². The summed E-state index contributed by atoms with van der Waals surface area (Å²) >= 11 is 1.30. The zero-order chi connectivity index (χ0) is 19.1. The van der Waals surface area contributed by atoms with Gasteiger partial charge in [-0.05, 0) is 49.8 Å². The summed E-state index contributed by atoms with van der Waals surface area (Å²) < 4.78 is 3.18. The third-order valence-corrected chi connectivity index (χ3v) is 5.90. The van der Waals surface area contributed by atoms with Crippen LogP contribution < -0.4 is 16.1 Å². The number of thiophene rings is 1. The summed E-state index contributed by atoms with van der Waals surface area (Å²) in [7, 11) is 0. The molecule has 0 saturated heterocycles. The van der Waals surface area contributed by atoms with Crippen LogP contribution in [-0.2, 0) is 17.8 Å². The molecule has 0 unspecified atom stereocenters. The van der Waals surface area contributed by atoms with Crippen LogP contribution in [-0.4, -0.2) is 21.6 Å². The fraction of sp³-hybridized carbons (Fsp3) is 0.350. The Balaban J connectivity index is 1.79. The van der Waals surface area contributed by atoms with Crippen molar-refractivity contribution in [2.75, 3.05) is 11.4 Å². The number of hydrogen-bond acceptors (Lipinski definition) is 4. The minimum atomic E-state index is -0.431. The number of aromatic nitrogens is 2. The first kappa shape index (κ1) is 17.7. The lowest BCUT2D eigenvalue weighted by atomic mass is 10.0. The second kappa shape index (κ2) is 6.81. The number of anilines is 1. The lowest BCUT2D eigenvalue weighted by Crippen LogP contribution is -2.44. The molecule has 3 aromatic rings. The number of hydrogen-bond donors (Lipinski definition) is 0. The normalized spacial score (nSPS) is 14.0. The molecule has 0 aliphatic carbocycles. The summed E-state index contributed by atoms with van der Waals surface area (Å²) in [6.07, 6.45) is 1.85. The number of aryl methyl sites for hydroxylation is 1. The van der Waals surface area contributed by atoms with Gasteiger partial charge in [-0.1, -0.05) is 18.2 Å². The van der Waals surface area contributed by atoms with Crippen LogP contribution in [0.1, 0.15) is 31.9 Å². The molecule has 6 nitrogen and oxygen atoms in total. The van der Waals surface area contributed by atoms with Gasteiger partial charge in [0.15, 0.2) is 0 Å². The van der Waals surface area contributed by atoms with E-state index >= 15 is 0 Å². The quantitative estimate of drug-likeness (QED) is 0.699. The molecular formula is C20H21N3O3S. The van der Waals surface area contributed by atoms with Gasteiger partial charge in [0.05, 0.1) is 5.52 Å². The highest BCUT2D eigenvalue weighted by Gasteiger charge is 2.24. The van der Waals surface area contributed by atoms with E-state index in [1.165, 1.54) is 20.5 Å². The molecular weight excluding hydrogens is 362 g/mol. The minimum Gasteiger partial charge on any atom is -0.311 e. The van der Waals surface area contributed by atoms with Gasteiger partial charge in [-0.15, -0.1) is 11.3 Å². The summed E-state index contributed by atoms with van der Waals surface area (Å²) in [6.45, 7) is 4.17. The van der Waals surface area contributed by atoms with Crippen molar-refractivity contribution >= 4 is 33.1 Å². The van der Waals surface area contributed by atoms with Gasteiger partial charge in [0, 0.05) is 18.3 Å². The number of benzene rings is 1. The highest BCUT2D eigenvalue weighted by Crippen LogP contribution is 2.27. The van der Waals surface area contributed by atoms with E-state index in [9.17, 15) is 14.4 Å². The molecule has 0 bridgehead atoms. The second-order valence-corrected chi connectivity index (χ2v) is 7.97. The predicted molar refractivity (Wildman–Crippen MR) is 108 cm³/mol. The Morgan fingerprint density at radius 2 is 1.96 bits per heavy atom. The van der Waals surface area contributed by atoms with Gasteiger partial charge >= 0.3 is 5.69 Å². The number of rotatable bonds is 3. The average Bonchev–Trinajstić information content (AvgIpc) is 3.14. The molecule has 3 heterocycles. The van der Waals surface area contributed by atoms with E-state index in [2.05, 4.69) is 0 Å². The highest BCUT2D eigenvalue weighted by molar-refractivity contribution is 7.17. The fourth-order valence-corrected chi connectivity index (χ4v) is 4.56. The van der Waals surface area contributed by atoms with Crippen molar-refractivity contribution in [3.63, 3.8) is 0 Å². The Hall–Kier alpha value is -2.67. The van der Waals surface area contributed by atoms with Crippen LogP contribution >= 0.6 is 11.3 Å². The summed E-state index contributed by atoms with van der Waals surface area (Å²) in [5.41, 5.74) is 1.88. The van der Waals surface area contributed by atoms with Gasteiger partial charge in [-0.2, -0.15) is 0 Å². The monoisotopic (exact) mass is 383 g/mol. The van der Waals surface area contributed by atoms with Crippen molar-refractivity contribution in [3.05, 3.63) is 62.1 Å². The van der Waals surface area contributed by atoms with Crippen LogP contribution in [0, 0.1) is 0 Å². The first-order valence-electron chi connectivity index (χ1n) is 9.10. The number of nitrogens with zero attached hydrogens (tertiary/aromatic N) is 3. The highest BCUT2D eigenvalue weighted by atomic mass is 32.1. The van der Waals surface area contributed by atoms with Crippen molar-refractivity contribution < 1.29 is 4.79 Å². The summed E-state index contributed by atoms with van der Waals surface area (Å²) in [5.74, 6) is -0.134. The lowest BCUT2D eigenvalue weighted by Gasteiger charge is -2.29. The Morgan fingerprint density at radius 1 is 1.19 bits per heavy atom. The van der Waals surface area contributed by atoms with E-state index in [0.29, 0.717) is 16.8 Å². The van der Waals surface area contributed by atoms with Crippen LogP contribution in [0.4, 0.5) is 5.69 Å². The molecule has 0 spiro atoms. The van der Waals surface area contributed by atoms with Gasteiger partial charge in [0.25, 0.3) is 5.56 Å². The molecule has 0 atom stereocenters. The molecule has 0 radical (unpaired) electrons. The van der Waals surface area contributed by atoms with E-state index in [1.807, 2.05) is 24.3 Å². The summed E-state index contributed by atoms with van der Waals surface area (Å²) in [4.78, 5) is 40.4. The topological polar surface area (TPSA) is 64.3 Å². The zero-order valence-electron chi connectivity index (χ0n) is 15.3. The fourth-order valence-electron chi connectivity index (χ4n) is 3.73. The SMILES string of the molecule is CC(C)n1c(=O)c2sccc2n(CC(=O)N2CCCc3ccccc32)c1=O. The second-order valence-electron chi connectivity index (χ2n) is 7.05. The number of para-hydroxylation sites is 1. The Morgan fingerprint density at radius 3 is 2.74 bits per heavy atom. The van der Waals surface area contributed by atoms with E-state index in [4.69, 9.17) is 0 Å². The van der Waals surface area contributed by atoms with E-state index < -0.39 is 5.69 Å². The molecule has 7 heteroatoms. The van der Waals surface area contributed by atoms with Gasteiger partial charge in [-0.3, -0.25) is 18.7 Å². The maximum atomic E-state index is 13.1. The maximum Gasteiger partial charge on any atom is 0.332 e. The third kappa shape index (κ3) is 2.92. The molecule has 0 fully saturated rings. The smallest absolute Gasteiger partial charge is 0.311 e. The molecule has 1 aliphatic heterocycles. The van der Waals surface area contributed by atoms with Gasteiger partial charge in [0.1, 0.15) is 11.2 Å². The minimum absolute atomic E-state index is 0.0760. The molecule has 140 valence electrons. The molecule has 1 aliphatic rings. The van der Waals surface area contributed by atoms with Crippen LogP contribution in [0.5, 0.6) is 0 Å². The molecule has 2 aromatic heterocycles. The standard InChI is InChI=1S/C20H21N3O3S/c1-13(2)23-19(25)18-16(9-11-27-18)22(20(23)26)12-17(24)21-10-5-7-14-6-3-4-8-15(14)21/h3-4,6,8-9,11,13H,5,7,10,12H2,1-2H3. The van der Waals surface area contributed by atoms with E-state index in [-0.39, 0.29) is 24.1 Å². The van der Waals surface area contributed by atoms with Crippen LogP contribution in [0.2, 0.25) is 0 Å². The first-order chi connectivity index (χ1) is 13.0. The van der Waals surface area contributed by atoms with Gasteiger partial charge in [-0.25, -0.2) is 4.79 Å². The van der Waals surface area contributed by atoms with Crippen LogP contribution in [0.15, 0.2) is 45.3 Å². The van der Waals surface area contributed by atoms with Crippen molar-refractivity contribution in [2.24, 2.45) is 0 Å². The zero-order valence-corrected chi connectivity index (χ0v) is 16.2. The number of carbonyl (C=O) groups is 1. The summed E-state index contributed by atoms with van der Waals surface area (Å²) in [6, 6.07) is 9.36.